The zero-order valence-corrected chi connectivity index (χ0v) is 11.6. The average Bonchev–Trinajstić information content (AvgIpc) is 2.67. The van der Waals surface area contributed by atoms with Gasteiger partial charge in [-0.25, -0.2) is 13.8 Å². The summed E-state index contributed by atoms with van der Waals surface area (Å²) in [6, 6.07) is 2.11. The maximum absolute atomic E-state index is 13.2. The highest BCUT2D eigenvalue weighted by molar-refractivity contribution is 5.76. The number of halogens is 2. The first-order chi connectivity index (χ1) is 9.26. The Hall–Kier alpha value is -1.98. The summed E-state index contributed by atoms with van der Waals surface area (Å²) in [6.45, 7) is 5.66. The second kappa shape index (κ2) is 5.19. The molecular formula is C14H16F2N2O2. The lowest BCUT2D eigenvalue weighted by molar-refractivity contribution is -0.155. The topological polar surface area (TPSA) is 44.1 Å². The molecule has 0 amide bonds. The number of carbonyl (C=O) groups excluding carboxylic acids is 1. The van der Waals surface area contributed by atoms with Crippen molar-refractivity contribution in [3.63, 3.8) is 0 Å². The van der Waals surface area contributed by atoms with Crippen LogP contribution < -0.4 is 0 Å². The van der Waals surface area contributed by atoms with Crippen molar-refractivity contribution in [2.45, 2.75) is 39.3 Å². The van der Waals surface area contributed by atoms with Crippen LogP contribution in [-0.2, 0) is 16.1 Å². The smallest absolute Gasteiger partial charge is 0.308 e. The monoisotopic (exact) mass is 282 g/mol. The summed E-state index contributed by atoms with van der Waals surface area (Å²) >= 11 is 0. The average molecular weight is 282 g/mol. The summed E-state index contributed by atoms with van der Waals surface area (Å²) < 4.78 is 33.1. The molecule has 0 bridgehead atoms. The van der Waals surface area contributed by atoms with E-state index in [1.807, 2.05) is 0 Å². The van der Waals surface area contributed by atoms with Crippen LogP contribution in [0.4, 0.5) is 8.78 Å². The third-order valence-electron chi connectivity index (χ3n) is 2.64. The summed E-state index contributed by atoms with van der Waals surface area (Å²) in [6.07, 6.45) is 1.59. The van der Waals surface area contributed by atoms with Gasteiger partial charge in [0, 0.05) is 18.7 Å². The first kappa shape index (κ1) is 14.4. The van der Waals surface area contributed by atoms with Crippen LogP contribution in [0.25, 0.3) is 11.0 Å². The zero-order valence-electron chi connectivity index (χ0n) is 11.6. The maximum Gasteiger partial charge on any atom is 0.308 e. The molecule has 1 aromatic heterocycles. The van der Waals surface area contributed by atoms with Gasteiger partial charge in [0.1, 0.15) is 5.60 Å². The molecule has 0 fully saturated rings. The Balaban J connectivity index is 2.11. The van der Waals surface area contributed by atoms with Gasteiger partial charge < -0.3 is 9.30 Å². The number of aryl methyl sites for hydroxylation is 1. The molecule has 0 atom stereocenters. The lowest BCUT2D eigenvalue weighted by Crippen LogP contribution is -2.24. The SMILES string of the molecule is CC(C)(C)OC(=O)CCn1cnc2cc(F)c(F)cc21. The Kier molecular flexibility index (Phi) is 3.74. The Morgan fingerprint density at radius 1 is 1.30 bits per heavy atom. The zero-order chi connectivity index (χ0) is 14.9. The molecule has 1 aromatic carbocycles. The van der Waals surface area contributed by atoms with E-state index in [2.05, 4.69) is 4.98 Å². The summed E-state index contributed by atoms with van der Waals surface area (Å²) in [5.74, 6) is -2.21. The fourth-order valence-electron chi connectivity index (χ4n) is 1.84. The van der Waals surface area contributed by atoms with Gasteiger partial charge >= 0.3 is 5.97 Å². The van der Waals surface area contributed by atoms with E-state index in [9.17, 15) is 13.6 Å². The van der Waals surface area contributed by atoms with Gasteiger partial charge in [-0.15, -0.1) is 0 Å². The minimum Gasteiger partial charge on any atom is -0.460 e. The number of rotatable bonds is 3. The minimum atomic E-state index is -0.935. The molecule has 0 N–H and O–H groups in total. The summed E-state index contributed by atoms with van der Waals surface area (Å²) in [7, 11) is 0. The van der Waals surface area contributed by atoms with E-state index in [0.717, 1.165) is 12.1 Å². The van der Waals surface area contributed by atoms with Gasteiger partial charge in [-0.1, -0.05) is 0 Å². The molecule has 0 aliphatic carbocycles. The van der Waals surface area contributed by atoms with E-state index in [0.29, 0.717) is 17.6 Å². The van der Waals surface area contributed by atoms with E-state index >= 15 is 0 Å². The minimum absolute atomic E-state index is 0.141. The predicted octanol–water partition coefficient (Wildman–Crippen LogP) is 3.05. The van der Waals surface area contributed by atoms with Crippen molar-refractivity contribution in [2.24, 2.45) is 0 Å². The van der Waals surface area contributed by atoms with Crippen molar-refractivity contribution >= 4 is 17.0 Å². The molecule has 0 spiro atoms. The van der Waals surface area contributed by atoms with Crippen LogP contribution in [0.15, 0.2) is 18.5 Å². The highest BCUT2D eigenvalue weighted by atomic mass is 19.2. The largest absolute Gasteiger partial charge is 0.460 e. The molecule has 1 heterocycles. The van der Waals surface area contributed by atoms with Crippen LogP contribution in [0.2, 0.25) is 0 Å². The number of aromatic nitrogens is 2. The third-order valence-corrected chi connectivity index (χ3v) is 2.64. The number of imidazole rings is 1. The van der Waals surface area contributed by atoms with Gasteiger partial charge in [0.2, 0.25) is 0 Å². The van der Waals surface area contributed by atoms with Gasteiger partial charge in [0.25, 0.3) is 0 Å². The van der Waals surface area contributed by atoms with Gasteiger partial charge in [-0.2, -0.15) is 0 Å². The van der Waals surface area contributed by atoms with Crippen molar-refractivity contribution < 1.29 is 18.3 Å². The molecule has 108 valence electrons. The van der Waals surface area contributed by atoms with Crippen LogP contribution in [0.1, 0.15) is 27.2 Å². The summed E-state index contributed by atoms with van der Waals surface area (Å²) in [5.41, 5.74) is 0.268. The molecule has 0 saturated carbocycles. The van der Waals surface area contributed by atoms with Crippen molar-refractivity contribution in [1.29, 1.82) is 0 Å². The van der Waals surface area contributed by atoms with Crippen LogP contribution in [-0.4, -0.2) is 21.1 Å². The molecular weight excluding hydrogens is 266 g/mol. The number of fused-ring (bicyclic) bond motifs is 1. The predicted molar refractivity (Wildman–Crippen MR) is 70.1 cm³/mol. The van der Waals surface area contributed by atoms with Crippen molar-refractivity contribution in [2.75, 3.05) is 0 Å². The second-order valence-corrected chi connectivity index (χ2v) is 5.53. The van der Waals surface area contributed by atoms with Crippen molar-refractivity contribution in [1.82, 2.24) is 9.55 Å². The van der Waals surface area contributed by atoms with Crippen LogP contribution in [0.5, 0.6) is 0 Å². The van der Waals surface area contributed by atoms with E-state index in [1.165, 1.54) is 6.33 Å². The molecule has 4 nitrogen and oxygen atoms in total. The summed E-state index contributed by atoms with van der Waals surface area (Å²) in [5, 5.41) is 0. The quantitative estimate of drug-likeness (QED) is 0.813. The van der Waals surface area contributed by atoms with Crippen molar-refractivity contribution in [3.8, 4) is 0 Å². The summed E-state index contributed by atoms with van der Waals surface area (Å²) in [4.78, 5) is 15.6. The normalized spacial score (nSPS) is 11.8. The number of carbonyl (C=O) groups is 1. The van der Waals surface area contributed by atoms with Crippen LogP contribution in [0.3, 0.4) is 0 Å². The molecule has 6 heteroatoms. The second-order valence-electron chi connectivity index (χ2n) is 5.53. The fraction of sp³-hybridized carbons (Fsp3) is 0.429. The van der Waals surface area contributed by atoms with E-state index in [4.69, 9.17) is 4.74 Å². The van der Waals surface area contributed by atoms with Gasteiger partial charge in [0.15, 0.2) is 11.6 Å². The molecule has 0 unspecified atom stereocenters. The first-order valence-corrected chi connectivity index (χ1v) is 6.28. The van der Waals surface area contributed by atoms with Crippen LogP contribution >= 0.6 is 0 Å². The highest BCUT2D eigenvalue weighted by Gasteiger charge is 2.16. The molecule has 0 radical (unpaired) electrons. The Labute approximate surface area is 115 Å². The number of nitrogens with zero attached hydrogens (tertiary/aromatic N) is 2. The van der Waals surface area contributed by atoms with Crippen LogP contribution in [0, 0.1) is 11.6 Å². The van der Waals surface area contributed by atoms with Gasteiger partial charge in [-0.05, 0) is 20.8 Å². The molecule has 2 rings (SSSR count). The Morgan fingerprint density at radius 3 is 2.60 bits per heavy atom. The molecule has 20 heavy (non-hydrogen) atoms. The number of ether oxygens (including phenoxy) is 1. The molecule has 0 aliphatic rings. The molecule has 0 saturated heterocycles. The Morgan fingerprint density at radius 2 is 1.95 bits per heavy atom. The standard InChI is InChI=1S/C14H16F2N2O2/c1-14(2,3)20-13(19)4-5-18-8-17-11-6-9(15)10(16)7-12(11)18/h6-8H,4-5H2,1-3H3. The van der Waals surface area contributed by atoms with Gasteiger partial charge in [0.05, 0.1) is 23.8 Å². The number of hydrogen-bond acceptors (Lipinski definition) is 3. The highest BCUT2D eigenvalue weighted by Crippen LogP contribution is 2.18. The third kappa shape index (κ3) is 3.31. The number of benzene rings is 1. The van der Waals surface area contributed by atoms with E-state index in [1.54, 1.807) is 25.3 Å². The fourth-order valence-corrected chi connectivity index (χ4v) is 1.84. The first-order valence-electron chi connectivity index (χ1n) is 6.28. The van der Waals surface area contributed by atoms with E-state index in [-0.39, 0.29) is 12.4 Å². The van der Waals surface area contributed by atoms with Crippen molar-refractivity contribution in [3.05, 3.63) is 30.1 Å². The number of hydrogen-bond donors (Lipinski definition) is 0. The maximum atomic E-state index is 13.2. The van der Waals surface area contributed by atoms with Gasteiger partial charge in [-0.3, -0.25) is 4.79 Å². The number of esters is 1. The lowest BCUT2D eigenvalue weighted by atomic mass is 10.2. The lowest BCUT2D eigenvalue weighted by Gasteiger charge is -2.19. The molecule has 2 aromatic rings. The van der Waals surface area contributed by atoms with E-state index < -0.39 is 17.2 Å². The molecule has 0 aliphatic heterocycles. The Bertz CT molecular complexity index is 644.